The van der Waals surface area contributed by atoms with Gasteiger partial charge in [0, 0.05) is 28.1 Å². The summed E-state index contributed by atoms with van der Waals surface area (Å²) < 4.78 is 5.28. The first-order chi connectivity index (χ1) is 13.6. The minimum absolute atomic E-state index is 0.726. The van der Waals surface area contributed by atoms with Crippen molar-refractivity contribution in [2.75, 3.05) is 18.6 Å². The third-order valence-corrected chi connectivity index (χ3v) is 4.69. The van der Waals surface area contributed by atoms with E-state index in [0.717, 1.165) is 50.8 Å². The molecule has 0 unspecified atom stereocenters. The van der Waals surface area contributed by atoms with Gasteiger partial charge in [-0.1, -0.05) is 42.5 Å². The van der Waals surface area contributed by atoms with E-state index in [1.165, 1.54) is 0 Å². The van der Waals surface area contributed by atoms with Crippen molar-refractivity contribution in [1.82, 2.24) is 4.98 Å². The number of hydrogen-bond acceptors (Lipinski definition) is 4. The maximum atomic E-state index is 5.87. The maximum absolute atomic E-state index is 5.87. The molecule has 0 amide bonds. The zero-order valence-electron chi connectivity index (χ0n) is 15.6. The highest BCUT2D eigenvalue weighted by molar-refractivity contribution is 5.83. The summed E-state index contributed by atoms with van der Waals surface area (Å²) in [5.41, 5.74) is 19.1. The topological polar surface area (TPSA) is 74.2 Å². The molecule has 0 aliphatic rings. The van der Waals surface area contributed by atoms with Crippen molar-refractivity contribution in [2.24, 2.45) is 0 Å². The molecule has 0 aliphatic carbocycles. The Morgan fingerprint density at radius 3 is 1.71 bits per heavy atom. The first-order valence-electron chi connectivity index (χ1n) is 9.01. The summed E-state index contributed by atoms with van der Waals surface area (Å²) in [6.07, 6.45) is 0. The number of methoxy groups -OCH3 is 1. The Morgan fingerprint density at radius 2 is 1.14 bits per heavy atom. The van der Waals surface area contributed by atoms with E-state index in [2.05, 4.69) is 6.07 Å². The molecule has 4 aromatic rings. The van der Waals surface area contributed by atoms with Gasteiger partial charge in [0.05, 0.1) is 18.5 Å². The molecule has 138 valence electrons. The molecular weight excluding hydrogens is 346 g/mol. The highest BCUT2D eigenvalue weighted by atomic mass is 16.5. The van der Waals surface area contributed by atoms with Crippen LogP contribution in [0.25, 0.3) is 33.6 Å². The fraction of sp³-hybridized carbons (Fsp3) is 0.0417. The molecule has 0 atom stereocenters. The number of pyridine rings is 1. The molecule has 0 fully saturated rings. The van der Waals surface area contributed by atoms with Crippen LogP contribution in [-0.4, -0.2) is 12.1 Å². The van der Waals surface area contributed by atoms with Gasteiger partial charge in [-0.05, 0) is 48.0 Å². The number of ether oxygens (including phenoxy) is 1. The van der Waals surface area contributed by atoms with Gasteiger partial charge in [-0.3, -0.25) is 0 Å². The van der Waals surface area contributed by atoms with Gasteiger partial charge in [-0.2, -0.15) is 0 Å². The molecule has 0 saturated carbocycles. The van der Waals surface area contributed by atoms with Crippen LogP contribution in [0.1, 0.15) is 0 Å². The molecule has 28 heavy (non-hydrogen) atoms. The van der Waals surface area contributed by atoms with Crippen molar-refractivity contribution in [3.63, 3.8) is 0 Å². The summed E-state index contributed by atoms with van der Waals surface area (Å²) in [7, 11) is 1.66. The number of anilines is 2. The number of aromatic nitrogens is 1. The summed E-state index contributed by atoms with van der Waals surface area (Å²) in [4.78, 5) is 4.98. The molecule has 0 saturated heterocycles. The zero-order chi connectivity index (χ0) is 19.5. The Morgan fingerprint density at radius 1 is 0.607 bits per heavy atom. The minimum Gasteiger partial charge on any atom is -0.497 e. The average Bonchev–Trinajstić information content (AvgIpc) is 2.74. The van der Waals surface area contributed by atoms with Gasteiger partial charge >= 0.3 is 0 Å². The fourth-order valence-electron chi connectivity index (χ4n) is 3.14. The summed E-state index contributed by atoms with van der Waals surface area (Å²) in [6.45, 7) is 0. The number of nitrogens with zero attached hydrogens (tertiary/aromatic N) is 1. The molecule has 0 spiro atoms. The van der Waals surface area contributed by atoms with Gasteiger partial charge in [0.2, 0.25) is 0 Å². The largest absolute Gasteiger partial charge is 0.497 e. The Bertz CT molecular complexity index is 1090. The smallest absolute Gasteiger partial charge is 0.118 e. The van der Waals surface area contributed by atoms with E-state index < -0.39 is 0 Å². The predicted octanol–water partition coefficient (Wildman–Crippen LogP) is 5.26. The van der Waals surface area contributed by atoms with Crippen LogP contribution in [-0.2, 0) is 0 Å². The average molecular weight is 367 g/mol. The van der Waals surface area contributed by atoms with E-state index in [9.17, 15) is 0 Å². The lowest BCUT2D eigenvalue weighted by atomic mass is 9.97. The minimum atomic E-state index is 0.726. The summed E-state index contributed by atoms with van der Waals surface area (Å²) in [5.74, 6) is 0.823. The van der Waals surface area contributed by atoms with Crippen molar-refractivity contribution < 1.29 is 4.74 Å². The van der Waals surface area contributed by atoms with Crippen molar-refractivity contribution in [3.05, 3.63) is 84.9 Å². The lowest BCUT2D eigenvalue weighted by Gasteiger charge is -2.13. The Labute approximate surface area is 164 Å². The Hall–Kier alpha value is -3.79. The third-order valence-electron chi connectivity index (χ3n) is 4.69. The van der Waals surface area contributed by atoms with Crippen LogP contribution >= 0.6 is 0 Å². The fourth-order valence-corrected chi connectivity index (χ4v) is 3.14. The molecular formula is C24H21N3O. The van der Waals surface area contributed by atoms with Gasteiger partial charge in [0.1, 0.15) is 5.75 Å². The van der Waals surface area contributed by atoms with Gasteiger partial charge in [-0.15, -0.1) is 0 Å². The molecule has 0 radical (unpaired) electrons. The van der Waals surface area contributed by atoms with Crippen molar-refractivity contribution >= 4 is 11.4 Å². The molecule has 0 bridgehead atoms. The van der Waals surface area contributed by atoms with Crippen LogP contribution in [0.15, 0.2) is 84.9 Å². The van der Waals surface area contributed by atoms with Crippen LogP contribution in [0.3, 0.4) is 0 Å². The number of benzene rings is 3. The Kier molecular flexibility index (Phi) is 4.68. The van der Waals surface area contributed by atoms with E-state index >= 15 is 0 Å². The van der Waals surface area contributed by atoms with Crippen molar-refractivity contribution in [1.29, 1.82) is 0 Å². The molecule has 1 aromatic heterocycles. The zero-order valence-corrected chi connectivity index (χ0v) is 15.6. The highest BCUT2D eigenvalue weighted by Gasteiger charge is 2.12. The molecule has 4 N–H and O–H groups in total. The first kappa shape index (κ1) is 17.6. The standard InChI is InChI=1S/C24H21N3O/c1-28-21-12-6-16(7-13-21)22-14-15-23(17-2-8-19(25)9-3-17)27-24(22)18-4-10-20(26)11-5-18/h2-15H,25-26H2,1H3. The second kappa shape index (κ2) is 7.45. The summed E-state index contributed by atoms with van der Waals surface area (Å²) >= 11 is 0. The van der Waals surface area contributed by atoms with E-state index in [4.69, 9.17) is 21.2 Å². The van der Waals surface area contributed by atoms with Crippen LogP contribution < -0.4 is 16.2 Å². The SMILES string of the molecule is COc1ccc(-c2ccc(-c3ccc(N)cc3)nc2-c2ccc(N)cc2)cc1. The van der Waals surface area contributed by atoms with Crippen LogP contribution in [0, 0.1) is 0 Å². The summed E-state index contributed by atoms with van der Waals surface area (Å²) in [6, 6.07) is 27.6. The van der Waals surface area contributed by atoms with Crippen molar-refractivity contribution in [2.45, 2.75) is 0 Å². The number of nitrogen functional groups attached to an aromatic ring is 2. The number of nitrogens with two attached hydrogens (primary N) is 2. The van der Waals surface area contributed by atoms with Crippen LogP contribution in [0.4, 0.5) is 11.4 Å². The molecule has 4 nitrogen and oxygen atoms in total. The lowest BCUT2D eigenvalue weighted by Crippen LogP contribution is -1.94. The second-order valence-electron chi connectivity index (χ2n) is 6.57. The van der Waals surface area contributed by atoms with E-state index in [0.29, 0.717) is 0 Å². The number of hydrogen-bond donors (Lipinski definition) is 2. The molecule has 3 aromatic carbocycles. The van der Waals surface area contributed by atoms with Gasteiger partial charge in [0.25, 0.3) is 0 Å². The highest BCUT2D eigenvalue weighted by Crippen LogP contribution is 2.34. The van der Waals surface area contributed by atoms with Gasteiger partial charge in [-0.25, -0.2) is 4.98 Å². The van der Waals surface area contributed by atoms with Crippen molar-refractivity contribution in [3.8, 4) is 39.4 Å². The molecule has 0 aliphatic heterocycles. The third kappa shape index (κ3) is 3.53. The van der Waals surface area contributed by atoms with E-state index in [1.54, 1.807) is 7.11 Å². The first-order valence-corrected chi connectivity index (χ1v) is 9.01. The molecule has 4 heteroatoms. The van der Waals surface area contributed by atoms with Crippen LogP contribution in [0.5, 0.6) is 5.75 Å². The van der Waals surface area contributed by atoms with E-state index in [1.807, 2.05) is 78.9 Å². The van der Waals surface area contributed by atoms with E-state index in [-0.39, 0.29) is 0 Å². The lowest BCUT2D eigenvalue weighted by molar-refractivity contribution is 0.415. The Balaban J connectivity index is 1.87. The summed E-state index contributed by atoms with van der Waals surface area (Å²) in [5, 5.41) is 0. The van der Waals surface area contributed by atoms with Gasteiger partial charge in [0.15, 0.2) is 0 Å². The normalized spacial score (nSPS) is 10.6. The molecule has 1 heterocycles. The quantitative estimate of drug-likeness (QED) is 0.483. The second-order valence-corrected chi connectivity index (χ2v) is 6.57. The van der Waals surface area contributed by atoms with Crippen LogP contribution in [0.2, 0.25) is 0 Å². The predicted molar refractivity (Wildman–Crippen MR) is 116 cm³/mol. The number of rotatable bonds is 4. The monoisotopic (exact) mass is 367 g/mol. The van der Waals surface area contributed by atoms with Gasteiger partial charge < -0.3 is 16.2 Å². The maximum Gasteiger partial charge on any atom is 0.118 e. The molecule has 4 rings (SSSR count).